The Morgan fingerprint density at radius 1 is 1.40 bits per heavy atom. The Bertz CT molecular complexity index is 456. The van der Waals surface area contributed by atoms with E-state index in [-0.39, 0.29) is 0 Å². The number of fused-ring (bicyclic) bond motifs is 1. The van der Waals surface area contributed by atoms with Gasteiger partial charge in [0.1, 0.15) is 6.61 Å². The zero-order valence-electron chi connectivity index (χ0n) is 8.29. The Kier molecular flexibility index (Phi) is 3.23. The van der Waals surface area contributed by atoms with Crippen molar-refractivity contribution >= 4 is 27.0 Å². The molecule has 0 radical (unpaired) electrons. The van der Waals surface area contributed by atoms with E-state index in [1.54, 1.807) is 7.11 Å². The lowest BCUT2D eigenvalue weighted by Crippen LogP contribution is -2.04. The molecule has 15 heavy (non-hydrogen) atoms. The number of aromatic amines is 1. The highest BCUT2D eigenvalue weighted by Gasteiger charge is 2.03. The minimum atomic E-state index is 0.498. The first-order chi connectivity index (χ1) is 7.29. The number of nitrogens with one attached hydrogen (secondary N) is 1. The predicted octanol–water partition coefficient (Wildman–Crippen LogP) is 2.35. The van der Waals surface area contributed by atoms with Gasteiger partial charge in [-0.15, -0.1) is 0 Å². The molecule has 0 aliphatic heterocycles. The summed E-state index contributed by atoms with van der Waals surface area (Å²) < 4.78 is 11.3. The molecule has 0 bridgehead atoms. The molecule has 0 saturated carbocycles. The van der Waals surface area contributed by atoms with Gasteiger partial charge in [0.2, 0.25) is 0 Å². The minimum absolute atomic E-state index is 0.498. The fourth-order valence-corrected chi connectivity index (χ4v) is 1.61. The highest BCUT2D eigenvalue weighted by molar-refractivity contribution is 9.10. The highest BCUT2D eigenvalue weighted by atomic mass is 79.9. The maximum atomic E-state index is 5.36. The topological polar surface area (TPSA) is 47.1 Å². The van der Waals surface area contributed by atoms with Gasteiger partial charge < -0.3 is 14.5 Å². The van der Waals surface area contributed by atoms with Crippen LogP contribution in [-0.4, -0.2) is 30.3 Å². The van der Waals surface area contributed by atoms with E-state index in [1.165, 1.54) is 0 Å². The molecule has 0 aliphatic carbocycles. The van der Waals surface area contributed by atoms with Gasteiger partial charge in [-0.25, -0.2) is 0 Å². The van der Waals surface area contributed by atoms with Crippen molar-refractivity contribution in [2.45, 2.75) is 0 Å². The van der Waals surface area contributed by atoms with Crippen LogP contribution in [0.25, 0.3) is 11.0 Å². The monoisotopic (exact) mass is 270 g/mol. The van der Waals surface area contributed by atoms with E-state index in [4.69, 9.17) is 9.47 Å². The van der Waals surface area contributed by atoms with Gasteiger partial charge in [-0.05, 0) is 18.2 Å². The van der Waals surface area contributed by atoms with Gasteiger partial charge in [0, 0.05) is 11.6 Å². The highest BCUT2D eigenvalue weighted by Crippen LogP contribution is 2.20. The number of halogens is 1. The summed E-state index contributed by atoms with van der Waals surface area (Å²) in [6, 6.07) is 6.37. The molecule has 1 aromatic carbocycles. The van der Waals surface area contributed by atoms with Crippen LogP contribution >= 0.6 is 15.9 Å². The summed E-state index contributed by atoms with van der Waals surface area (Å²) in [5.74, 6) is 0. The van der Waals surface area contributed by atoms with Crippen molar-refractivity contribution in [3.63, 3.8) is 0 Å². The summed E-state index contributed by atoms with van der Waals surface area (Å²) in [5.41, 5.74) is 1.85. The molecular weight excluding hydrogens is 260 g/mol. The van der Waals surface area contributed by atoms with Crippen molar-refractivity contribution in [2.24, 2.45) is 0 Å². The molecule has 0 saturated heterocycles. The Morgan fingerprint density at radius 3 is 3.07 bits per heavy atom. The van der Waals surface area contributed by atoms with Crippen LogP contribution in [0.4, 0.5) is 0 Å². The third-order valence-corrected chi connectivity index (χ3v) is 2.44. The molecular formula is C10H11BrN2O2. The number of imidazole rings is 1. The van der Waals surface area contributed by atoms with Crippen LogP contribution in [0.1, 0.15) is 0 Å². The Balaban J connectivity index is 2.16. The van der Waals surface area contributed by atoms with Crippen LogP contribution in [0.15, 0.2) is 22.7 Å². The standard InChI is InChI=1S/C10H11BrN2O2/c1-14-4-5-15-10-12-8-3-2-7(11)6-9(8)13-10/h2-3,6H,4-5H2,1H3,(H,12,13). The summed E-state index contributed by atoms with van der Waals surface area (Å²) in [7, 11) is 1.64. The first-order valence-electron chi connectivity index (χ1n) is 4.56. The summed E-state index contributed by atoms with van der Waals surface area (Å²) in [6.45, 7) is 1.05. The molecule has 0 spiro atoms. The van der Waals surface area contributed by atoms with Gasteiger partial charge >= 0.3 is 0 Å². The molecule has 1 aromatic heterocycles. The van der Waals surface area contributed by atoms with Crippen LogP contribution in [0.2, 0.25) is 0 Å². The van der Waals surface area contributed by atoms with E-state index in [1.807, 2.05) is 18.2 Å². The lowest BCUT2D eigenvalue weighted by molar-refractivity contribution is 0.141. The molecule has 4 nitrogen and oxygen atoms in total. The Morgan fingerprint density at radius 2 is 2.27 bits per heavy atom. The first kappa shape index (κ1) is 10.4. The van der Waals surface area contributed by atoms with E-state index >= 15 is 0 Å². The number of H-pyrrole nitrogens is 1. The third kappa shape index (κ3) is 2.49. The van der Waals surface area contributed by atoms with E-state index in [9.17, 15) is 0 Å². The van der Waals surface area contributed by atoms with Crippen LogP contribution in [0, 0.1) is 0 Å². The van der Waals surface area contributed by atoms with Crippen molar-refractivity contribution in [1.82, 2.24) is 9.97 Å². The van der Waals surface area contributed by atoms with Gasteiger partial charge in [0.25, 0.3) is 6.01 Å². The fraction of sp³-hybridized carbons (Fsp3) is 0.300. The van der Waals surface area contributed by atoms with Crippen molar-refractivity contribution in [1.29, 1.82) is 0 Å². The number of rotatable bonds is 4. The summed E-state index contributed by atoms with van der Waals surface area (Å²) in [4.78, 5) is 7.35. The number of ether oxygens (including phenoxy) is 2. The number of methoxy groups -OCH3 is 1. The average Bonchev–Trinajstić information content (AvgIpc) is 2.60. The molecule has 1 heterocycles. The van der Waals surface area contributed by atoms with Gasteiger partial charge in [0.15, 0.2) is 0 Å². The molecule has 0 amide bonds. The number of benzene rings is 1. The molecule has 0 unspecified atom stereocenters. The normalized spacial score (nSPS) is 10.8. The van der Waals surface area contributed by atoms with Crippen molar-refractivity contribution in [2.75, 3.05) is 20.3 Å². The van der Waals surface area contributed by atoms with Crippen LogP contribution in [-0.2, 0) is 4.74 Å². The second kappa shape index (κ2) is 4.63. The molecule has 1 N–H and O–H groups in total. The van der Waals surface area contributed by atoms with Crippen molar-refractivity contribution < 1.29 is 9.47 Å². The number of hydrogen-bond donors (Lipinski definition) is 1. The molecule has 2 aromatic rings. The second-order valence-corrected chi connectivity index (χ2v) is 3.96. The minimum Gasteiger partial charge on any atom is -0.462 e. The quantitative estimate of drug-likeness (QED) is 0.868. The van der Waals surface area contributed by atoms with Gasteiger partial charge in [0.05, 0.1) is 17.6 Å². The lowest BCUT2D eigenvalue weighted by atomic mass is 10.3. The molecule has 5 heteroatoms. The molecule has 0 fully saturated rings. The summed E-state index contributed by atoms with van der Waals surface area (Å²) in [6.07, 6.45) is 0. The first-order valence-corrected chi connectivity index (χ1v) is 5.36. The van der Waals surface area contributed by atoms with E-state index in [2.05, 4.69) is 25.9 Å². The lowest BCUT2D eigenvalue weighted by Gasteiger charge is -1.99. The second-order valence-electron chi connectivity index (χ2n) is 3.04. The zero-order valence-corrected chi connectivity index (χ0v) is 9.87. The largest absolute Gasteiger partial charge is 0.462 e. The van der Waals surface area contributed by atoms with Crippen LogP contribution in [0.5, 0.6) is 6.01 Å². The maximum absolute atomic E-state index is 5.36. The number of hydrogen-bond acceptors (Lipinski definition) is 3. The van der Waals surface area contributed by atoms with E-state index in [0.717, 1.165) is 15.5 Å². The van der Waals surface area contributed by atoms with Gasteiger partial charge in [-0.1, -0.05) is 15.9 Å². The Labute approximate surface area is 95.7 Å². The number of nitrogens with zero attached hydrogens (tertiary/aromatic N) is 1. The molecule has 0 atom stereocenters. The van der Waals surface area contributed by atoms with Gasteiger partial charge in [-0.2, -0.15) is 4.98 Å². The van der Waals surface area contributed by atoms with Crippen molar-refractivity contribution in [3.8, 4) is 6.01 Å². The summed E-state index contributed by atoms with van der Waals surface area (Å²) in [5, 5.41) is 0. The molecule has 2 rings (SSSR count). The average molecular weight is 271 g/mol. The van der Waals surface area contributed by atoms with E-state index < -0.39 is 0 Å². The molecule has 80 valence electrons. The maximum Gasteiger partial charge on any atom is 0.294 e. The van der Waals surface area contributed by atoms with E-state index in [0.29, 0.717) is 19.2 Å². The van der Waals surface area contributed by atoms with Crippen LogP contribution in [0.3, 0.4) is 0 Å². The fourth-order valence-electron chi connectivity index (χ4n) is 1.25. The summed E-state index contributed by atoms with van der Waals surface area (Å²) >= 11 is 3.40. The van der Waals surface area contributed by atoms with Crippen LogP contribution < -0.4 is 4.74 Å². The zero-order chi connectivity index (χ0) is 10.7. The smallest absolute Gasteiger partial charge is 0.294 e. The number of aromatic nitrogens is 2. The predicted molar refractivity (Wildman–Crippen MR) is 61.2 cm³/mol. The Hall–Kier alpha value is -1.07. The SMILES string of the molecule is COCCOc1nc2ccc(Br)cc2[nH]1. The van der Waals surface area contributed by atoms with Crippen molar-refractivity contribution in [3.05, 3.63) is 22.7 Å². The molecule has 0 aliphatic rings. The van der Waals surface area contributed by atoms with Gasteiger partial charge in [-0.3, -0.25) is 0 Å². The third-order valence-electron chi connectivity index (χ3n) is 1.95.